The van der Waals surface area contributed by atoms with Gasteiger partial charge < -0.3 is 9.73 Å². The Kier molecular flexibility index (Phi) is 3.31. The topological polar surface area (TPSA) is 38.1 Å². The molecule has 90 valence electrons. The van der Waals surface area contributed by atoms with Gasteiger partial charge in [0.1, 0.15) is 10.8 Å². The van der Waals surface area contributed by atoms with E-state index in [2.05, 4.69) is 26.2 Å². The first-order valence-electron chi connectivity index (χ1n) is 5.70. The van der Waals surface area contributed by atoms with Gasteiger partial charge in [-0.15, -0.1) is 11.3 Å². The lowest BCUT2D eigenvalue weighted by Gasteiger charge is -2.14. The third kappa shape index (κ3) is 2.78. The molecular weight excluding hydrogens is 300 g/mol. The molecule has 3 rings (SSSR count). The fourth-order valence-electron chi connectivity index (χ4n) is 1.93. The summed E-state index contributed by atoms with van der Waals surface area (Å²) in [7, 11) is 0. The van der Waals surface area contributed by atoms with Gasteiger partial charge in [-0.05, 0) is 46.8 Å². The summed E-state index contributed by atoms with van der Waals surface area (Å²) in [5, 5.41) is 6.78. The minimum atomic E-state index is 0.388. The second-order valence-corrected chi connectivity index (χ2v) is 5.98. The van der Waals surface area contributed by atoms with Crippen molar-refractivity contribution in [1.82, 2.24) is 10.3 Å². The lowest BCUT2D eigenvalue weighted by molar-refractivity contribution is 0.417. The number of rotatable bonds is 5. The Balaban J connectivity index is 1.65. The van der Waals surface area contributed by atoms with Crippen molar-refractivity contribution in [3.8, 4) is 0 Å². The highest BCUT2D eigenvalue weighted by Crippen LogP contribution is 2.41. The molecule has 3 nitrogen and oxygen atoms in total. The van der Waals surface area contributed by atoms with Crippen LogP contribution in [0.3, 0.4) is 0 Å². The van der Waals surface area contributed by atoms with E-state index in [9.17, 15) is 0 Å². The van der Waals surface area contributed by atoms with Crippen molar-refractivity contribution in [1.29, 1.82) is 0 Å². The van der Waals surface area contributed by atoms with Crippen LogP contribution in [0.5, 0.6) is 0 Å². The zero-order chi connectivity index (χ0) is 11.7. The highest BCUT2D eigenvalue weighted by molar-refractivity contribution is 9.10. The van der Waals surface area contributed by atoms with Crippen LogP contribution in [0.15, 0.2) is 32.8 Å². The van der Waals surface area contributed by atoms with Crippen LogP contribution >= 0.6 is 27.3 Å². The van der Waals surface area contributed by atoms with Gasteiger partial charge in [0.05, 0.1) is 12.6 Å². The average molecular weight is 313 g/mol. The SMILES string of the molecule is Brc1ccc(CN[C@@H](c2nccs2)C2CC2)o1. The van der Waals surface area contributed by atoms with Crippen LogP contribution in [-0.2, 0) is 6.54 Å². The van der Waals surface area contributed by atoms with Gasteiger partial charge in [0, 0.05) is 11.6 Å². The molecule has 0 radical (unpaired) electrons. The summed E-state index contributed by atoms with van der Waals surface area (Å²) in [6, 6.07) is 4.30. The zero-order valence-electron chi connectivity index (χ0n) is 9.23. The molecule has 17 heavy (non-hydrogen) atoms. The summed E-state index contributed by atoms with van der Waals surface area (Å²) >= 11 is 5.04. The highest BCUT2D eigenvalue weighted by Gasteiger charge is 2.33. The highest BCUT2D eigenvalue weighted by atomic mass is 79.9. The molecule has 0 aliphatic heterocycles. The Morgan fingerprint density at radius 1 is 1.53 bits per heavy atom. The number of furan rings is 1. The van der Waals surface area contributed by atoms with E-state index in [0.29, 0.717) is 6.04 Å². The minimum absolute atomic E-state index is 0.388. The molecule has 0 unspecified atom stereocenters. The molecule has 2 aromatic heterocycles. The van der Waals surface area contributed by atoms with Crippen LogP contribution < -0.4 is 5.32 Å². The summed E-state index contributed by atoms with van der Waals surface area (Å²) in [5.41, 5.74) is 0. The molecule has 2 aromatic rings. The van der Waals surface area contributed by atoms with Crippen LogP contribution in [-0.4, -0.2) is 4.98 Å². The maximum absolute atomic E-state index is 5.49. The normalized spacial score (nSPS) is 17.2. The van der Waals surface area contributed by atoms with Crippen LogP contribution in [0.2, 0.25) is 0 Å². The molecule has 1 N–H and O–H groups in total. The molecule has 0 aromatic carbocycles. The van der Waals surface area contributed by atoms with E-state index in [1.807, 2.05) is 23.7 Å². The maximum atomic E-state index is 5.49. The van der Waals surface area contributed by atoms with Crippen molar-refractivity contribution in [3.05, 3.63) is 39.1 Å². The van der Waals surface area contributed by atoms with Crippen LogP contribution in [0.4, 0.5) is 0 Å². The monoisotopic (exact) mass is 312 g/mol. The lowest BCUT2D eigenvalue weighted by atomic mass is 10.2. The smallest absolute Gasteiger partial charge is 0.169 e. The molecule has 0 saturated heterocycles. The van der Waals surface area contributed by atoms with Crippen molar-refractivity contribution in [2.75, 3.05) is 0 Å². The van der Waals surface area contributed by atoms with Crippen molar-refractivity contribution in [2.24, 2.45) is 5.92 Å². The van der Waals surface area contributed by atoms with Crippen molar-refractivity contribution in [3.63, 3.8) is 0 Å². The molecule has 0 amide bonds. The largest absolute Gasteiger partial charge is 0.453 e. The number of aromatic nitrogens is 1. The van der Waals surface area contributed by atoms with E-state index in [4.69, 9.17) is 4.42 Å². The number of nitrogens with one attached hydrogen (secondary N) is 1. The Morgan fingerprint density at radius 2 is 2.41 bits per heavy atom. The van der Waals surface area contributed by atoms with Crippen LogP contribution in [0, 0.1) is 5.92 Å². The van der Waals surface area contributed by atoms with Gasteiger partial charge in [-0.1, -0.05) is 0 Å². The van der Waals surface area contributed by atoms with E-state index in [0.717, 1.165) is 22.9 Å². The fourth-order valence-corrected chi connectivity index (χ4v) is 3.08. The van der Waals surface area contributed by atoms with Gasteiger partial charge in [-0.25, -0.2) is 4.98 Å². The van der Waals surface area contributed by atoms with E-state index < -0.39 is 0 Å². The predicted octanol–water partition coefficient (Wildman–Crippen LogP) is 3.74. The second-order valence-electron chi connectivity index (χ2n) is 4.27. The zero-order valence-corrected chi connectivity index (χ0v) is 11.6. The fraction of sp³-hybridized carbons (Fsp3) is 0.417. The summed E-state index contributed by atoms with van der Waals surface area (Å²) in [5.74, 6) is 1.71. The van der Waals surface area contributed by atoms with Gasteiger partial charge in [0.2, 0.25) is 0 Å². The Bertz CT molecular complexity index is 478. The molecule has 0 bridgehead atoms. The van der Waals surface area contributed by atoms with E-state index >= 15 is 0 Å². The Morgan fingerprint density at radius 3 is 3.00 bits per heavy atom. The lowest BCUT2D eigenvalue weighted by Crippen LogP contribution is -2.22. The number of hydrogen-bond acceptors (Lipinski definition) is 4. The third-order valence-electron chi connectivity index (χ3n) is 2.94. The molecule has 1 fully saturated rings. The first-order valence-corrected chi connectivity index (χ1v) is 7.37. The number of thiazole rings is 1. The van der Waals surface area contributed by atoms with Gasteiger partial charge in [0.25, 0.3) is 0 Å². The first kappa shape index (κ1) is 11.4. The molecule has 5 heteroatoms. The van der Waals surface area contributed by atoms with Gasteiger partial charge in [-0.3, -0.25) is 0 Å². The molecule has 2 heterocycles. The number of nitrogens with zero attached hydrogens (tertiary/aromatic N) is 1. The summed E-state index contributed by atoms with van der Waals surface area (Å²) < 4.78 is 6.27. The van der Waals surface area contributed by atoms with Crippen molar-refractivity contribution >= 4 is 27.3 Å². The van der Waals surface area contributed by atoms with E-state index in [1.54, 1.807) is 11.3 Å². The second kappa shape index (κ2) is 4.92. The van der Waals surface area contributed by atoms with Gasteiger partial charge >= 0.3 is 0 Å². The average Bonchev–Trinajstić information content (AvgIpc) is 2.85. The predicted molar refractivity (Wildman–Crippen MR) is 70.8 cm³/mol. The minimum Gasteiger partial charge on any atom is -0.453 e. The van der Waals surface area contributed by atoms with Crippen molar-refractivity contribution < 1.29 is 4.42 Å². The molecular formula is C12H13BrN2OS. The molecule has 1 atom stereocenters. The van der Waals surface area contributed by atoms with Gasteiger partial charge in [-0.2, -0.15) is 0 Å². The summed E-state index contributed by atoms with van der Waals surface area (Å²) in [6.07, 6.45) is 4.48. The van der Waals surface area contributed by atoms with E-state index in [1.165, 1.54) is 17.8 Å². The summed E-state index contributed by atoms with van der Waals surface area (Å²) in [4.78, 5) is 4.41. The summed E-state index contributed by atoms with van der Waals surface area (Å²) in [6.45, 7) is 0.756. The van der Waals surface area contributed by atoms with E-state index in [-0.39, 0.29) is 0 Å². The van der Waals surface area contributed by atoms with Gasteiger partial charge in [0.15, 0.2) is 4.67 Å². The first-order chi connectivity index (χ1) is 8.33. The van der Waals surface area contributed by atoms with Crippen molar-refractivity contribution in [2.45, 2.75) is 25.4 Å². The molecule has 0 spiro atoms. The van der Waals surface area contributed by atoms with Crippen LogP contribution in [0.25, 0.3) is 0 Å². The standard InChI is InChI=1S/C12H13BrN2OS/c13-10-4-3-9(16-10)7-15-11(8-1-2-8)12-14-5-6-17-12/h3-6,8,11,15H,1-2,7H2/t11-/m1/s1. The number of hydrogen-bond donors (Lipinski definition) is 1. The number of halogens is 1. The Labute approximate surface area is 112 Å². The Hall–Kier alpha value is -0.650. The third-order valence-corrected chi connectivity index (χ3v) is 4.22. The molecule has 1 saturated carbocycles. The van der Waals surface area contributed by atoms with Crippen LogP contribution in [0.1, 0.15) is 29.7 Å². The maximum Gasteiger partial charge on any atom is 0.169 e. The molecule has 1 aliphatic rings. The quantitative estimate of drug-likeness (QED) is 0.914. The molecule has 1 aliphatic carbocycles.